The molecule has 13 atom stereocenters. The maximum atomic E-state index is 13.8. The Morgan fingerprint density at radius 1 is 0.822 bits per heavy atom. The number of carbonyl (C=O) groups is 2. The minimum Gasteiger partial charge on any atom is -0.462 e. The number of allylic oxidation sites excluding steroid dienone is 12. The number of cyclic esters (lactones) is 1. The van der Waals surface area contributed by atoms with Crippen molar-refractivity contribution >= 4 is 27.6 Å². The van der Waals surface area contributed by atoms with Crippen LogP contribution in [0.1, 0.15) is 136 Å². The summed E-state index contributed by atoms with van der Waals surface area (Å²) in [6.45, 7) is 2.39. The smallest absolute Gasteiger partial charge is 0.462 e. The third-order valence-electron chi connectivity index (χ3n) is 11.8. The van der Waals surface area contributed by atoms with Crippen molar-refractivity contribution in [3.8, 4) is 0 Å². The Bertz CT molecular complexity index is 1850. The van der Waals surface area contributed by atoms with Crippen LogP contribution in [-0.2, 0) is 46.5 Å². The summed E-state index contributed by atoms with van der Waals surface area (Å²) < 4.78 is 57.9. The molecule has 0 aromatic heterocycles. The fraction of sp³-hybridized carbons (Fsp3) is 0.686. The zero-order valence-electron chi connectivity index (χ0n) is 42.3. The Hall–Kier alpha value is -2.98. The molecule has 418 valence electrons. The fourth-order valence-electron chi connectivity index (χ4n) is 7.74. The molecular formula is C51H84O20P2. The van der Waals surface area contributed by atoms with Gasteiger partial charge in [0, 0.05) is 25.2 Å². The molecule has 0 aliphatic carbocycles. The molecule has 0 amide bonds. The number of rotatable bonds is 24. The minimum absolute atomic E-state index is 0.0820. The molecule has 0 aromatic rings. The molecule has 0 radical (unpaired) electrons. The van der Waals surface area contributed by atoms with E-state index in [1.807, 2.05) is 6.92 Å². The molecular weight excluding hydrogens is 994 g/mol. The van der Waals surface area contributed by atoms with Crippen LogP contribution in [0.3, 0.4) is 0 Å². The lowest BCUT2D eigenvalue weighted by atomic mass is 9.83. The van der Waals surface area contributed by atoms with Crippen molar-refractivity contribution in [2.24, 2.45) is 5.92 Å². The molecule has 2 heterocycles. The maximum Gasteiger partial charge on any atom is 0.472 e. The van der Waals surface area contributed by atoms with Crippen molar-refractivity contribution in [2.45, 2.75) is 203 Å². The third kappa shape index (κ3) is 29.8. The first kappa shape index (κ1) is 66.1. The Balaban J connectivity index is 2.30. The van der Waals surface area contributed by atoms with Crippen molar-refractivity contribution in [3.05, 3.63) is 85.1 Å². The largest absolute Gasteiger partial charge is 0.472 e. The van der Waals surface area contributed by atoms with Gasteiger partial charge < -0.3 is 64.6 Å². The van der Waals surface area contributed by atoms with E-state index in [0.29, 0.717) is 19.3 Å². The zero-order valence-corrected chi connectivity index (χ0v) is 44.1. The monoisotopic (exact) mass is 1080 g/mol. The van der Waals surface area contributed by atoms with Crippen LogP contribution in [0.15, 0.2) is 85.1 Å². The number of aliphatic hydroxyl groups is 7. The van der Waals surface area contributed by atoms with E-state index in [1.165, 1.54) is 6.08 Å². The predicted octanol–water partition coefficient (Wildman–Crippen LogP) is 6.28. The molecule has 1 fully saturated rings. The Morgan fingerprint density at radius 2 is 1.47 bits per heavy atom. The lowest BCUT2D eigenvalue weighted by Crippen LogP contribution is -2.58. The van der Waals surface area contributed by atoms with Crippen LogP contribution in [0.2, 0.25) is 0 Å². The van der Waals surface area contributed by atoms with Crippen molar-refractivity contribution < 1.29 is 96.9 Å². The Morgan fingerprint density at radius 3 is 2.10 bits per heavy atom. The van der Waals surface area contributed by atoms with Gasteiger partial charge in [0.05, 0.1) is 24.9 Å². The normalized spacial score (nSPS) is 30.8. The maximum absolute atomic E-state index is 13.8. The van der Waals surface area contributed by atoms with E-state index in [-0.39, 0.29) is 38.5 Å². The first-order chi connectivity index (χ1) is 34.8. The summed E-state index contributed by atoms with van der Waals surface area (Å²) in [7, 11) is -11.5. The minimum atomic E-state index is -5.81. The first-order valence-corrected chi connectivity index (χ1v) is 28.6. The highest BCUT2D eigenvalue weighted by Crippen LogP contribution is 2.49. The molecule has 0 spiro atoms. The second-order valence-corrected chi connectivity index (χ2v) is 20.6. The number of ether oxygens (including phenoxy) is 3. The van der Waals surface area contributed by atoms with E-state index in [0.717, 1.165) is 69.9 Å². The van der Waals surface area contributed by atoms with Gasteiger partial charge in [0.2, 0.25) is 0 Å². The lowest BCUT2D eigenvalue weighted by Gasteiger charge is -2.41. The Kier molecular flexibility index (Phi) is 34.2. The summed E-state index contributed by atoms with van der Waals surface area (Å²) in [6, 6.07) is 0. The van der Waals surface area contributed by atoms with Gasteiger partial charge in [0.15, 0.2) is 12.4 Å². The molecule has 0 saturated carbocycles. The van der Waals surface area contributed by atoms with E-state index in [4.69, 9.17) is 27.8 Å². The summed E-state index contributed by atoms with van der Waals surface area (Å²) >= 11 is 0. The average molecular weight is 1080 g/mol. The van der Waals surface area contributed by atoms with Gasteiger partial charge in [-0.2, -0.15) is 0 Å². The molecule has 10 N–H and O–H groups in total. The molecule has 2 bridgehead atoms. The quantitative estimate of drug-likeness (QED) is 0.0220. The van der Waals surface area contributed by atoms with Crippen LogP contribution >= 0.6 is 15.6 Å². The number of hydrogen-bond donors (Lipinski definition) is 10. The number of aliphatic hydroxyl groups excluding tert-OH is 7. The lowest BCUT2D eigenvalue weighted by molar-refractivity contribution is -0.210. The number of unbranched alkanes of at least 4 members (excludes halogenated alkanes) is 5. The molecule has 73 heavy (non-hydrogen) atoms. The van der Waals surface area contributed by atoms with Crippen molar-refractivity contribution in [2.75, 3.05) is 13.2 Å². The van der Waals surface area contributed by atoms with Crippen LogP contribution < -0.4 is 0 Å². The number of esters is 2. The van der Waals surface area contributed by atoms with Crippen molar-refractivity contribution in [3.63, 3.8) is 0 Å². The Labute approximate surface area is 430 Å². The van der Waals surface area contributed by atoms with Crippen molar-refractivity contribution in [1.29, 1.82) is 0 Å². The van der Waals surface area contributed by atoms with E-state index < -0.39 is 120 Å². The molecule has 2 aliphatic rings. The van der Waals surface area contributed by atoms with Gasteiger partial charge in [-0.05, 0) is 77.0 Å². The van der Waals surface area contributed by atoms with Gasteiger partial charge in [0.25, 0.3) is 0 Å². The van der Waals surface area contributed by atoms with Gasteiger partial charge in [-0.1, -0.05) is 125 Å². The van der Waals surface area contributed by atoms with Gasteiger partial charge in [-0.25, -0.2) is 9.13 Å². The number of phosphoric acid groups is 2. The highest BCUT2D eigenvalue weighted by Gasteiger charge is 2.50. The zero-order chi connectivity index (χ0) is 54.1. The first-order valence-electron chi connectivity index (χ1n) is 25.5. The van der Waals surface area contributed by atoms with Gasteiger partial charge in [0.1, 0.15) is 43.2 Å². The molecule has 0 aromatic carbocycles. The highest BCUT2D eigenvalue weighted by molar-refractivity contribution is 7.47. The summed E-state index contributed by atoms with van der Waals surface area (Å²) in [6.07, 6.45) is 11.6. The van der Waals surface area contributed by atoms with Crippen LogP contribution in [-0.4, -0.2) is 143 Å². The standard InChI is InChI=1S/C51H84O20P2/c1-3-5-7-8-9-10-11-12-13-14-15-16-17-18-19-20-21-22-28-32-44(55)68-39-36-66-43(54)31-27-24-23-26-30-40-41(53)35-45(56)69-42(34-33-38(52)29-25-6-4-2)47(58)50(70-72(61,62)63)51(49(60)48(59)46(40)57)71-73(64,65)67-37-39/h5,7,9-10,12-13,15-16,18-19,23,26,33-34,38-42,45-53,56-60H,3-4,6,8,11,14,17,20-22,24-25,27-32,35-37H2,1-2H3,(H,64,65)(H2,61,62,63)/b7-5-,10-9-,13-12-,16-15-,19-18-,26-23?,34-33+/t38-,39+,40-,41-,42+,45?,46+,47+,48-,49+,50+,51-/m0/s1. The summed E-state index contributed by atoms with van der Waals surface area (Å²) in [4.78, 5) is 56.9. The summed E-state index contributed by atoms with van der Waals surface area (Å²) in [5.74, 6) is -2.93. The molecule has 20 nitrogen and oxygen atoms in total. The summed E-state index contributed by atoms with van der Waals surface area (Å²) in [5, 5.41) is 79.1. The number of fused-ring (bicyclic) bond motifs is 4. The molecule has 2 unspecified atom stereocenters. The van der Waals surface area contributed by atoms with Crippen LogP contribution in [0, 0.1) is 5.92 Å². The summed E-state index contributed by atoms with van der Waals surface area (Å²) in [5.41, 5.74) is 0. The number of carbonyl (C=O) groups excluding carboxylic acids is 2. The van der Waals surface area contributed by atoms with E-state index >= 15 is 0 Å². The molecule has 2 aliphatic heterocycles. The number of hydrogen-bond acceptors (Lipinski definition) is 17. The fourth-order valence-corrected chi connectivity index (χ4v) is 9.27. The number of phosphoric ester groups is 2. The average Bonchev–Trinajstić information content (AvgIpc) is 3.33. The second-order valence-electron chi connectivity index (χ2n) is 18.0. The van der Waals surface area contributed by atoms with Crippen LogP contribution in [0.25, 0.3) is 0 Å². The molecule has 1 saturated heterocycles. The van der Waals surface area contributed by atoms with E-state index in [1.54, 1.807) is 6.08 Å². The molecule has 22 heteroatoms. The van der Waals surface area contributed by atoms with Crippen LogP contribution in [0.4, 0.5) is 0 Å². The SMILES string of the molecule is CC/C=C\C/C=C\C/C=C\C/C=C\C/C=C\CCCCCC(=O)O[C@@H]1COC(=O)CCCC=CC[C@@H]2[C@@H](O)[C@H](O)[C@@H](O)[C@H](OP(=O)(O)OC1)[C@H](OP(=O)(O)O)[C@H](O)[C@@H](/C=C/[C@@H](O)CCCCC)OC(O)C[C@@H]2O. The third-order valence-corrected chi connectivity index (χ3v) is 13.3. The van der Waals surface area contributed by atoms with Gasteiger partial charge >= 0.3 is 27.6 Å². The van der Waals surface area contributed by atoms with E-state index in [2.05, 4.69) is 67.7 Å². The topological polar surface area (TPSA) is 326 Å². The highest BCUT2D eigenvalue weighted by atomic mass is 31.2. The molecule has 2 rings (SSSR count). The second kappa shape index (κ2) is 37.7. The van der Waals surface area contributed by atoms with E-state index in [9.17, 15) is 69.1 Å². The van der Waals surface area contributed by atoms with Crippen LogP contribution in [0.5, 0.6) is 0 Å². The van der Waals surface area contributed by atoms with Gasteiger partial charge in [-0.3, -0.25) is 23.2 Å². The predicted molar refractivity (Wildman–Crippen MR) is 272 cm³/mol. The van der Waals surface area contributed by atoms with Gasteiger partial charge in [-0.15, -0.1) is 0 Å². The van der Waals surface area contributed by atoms with Crippen molar-refractivity contribution in [1.82, 2.24) is 0 Å².